The van der Waals surface area contributed by atoms with Gasteiger partial charge in [0.15, 0.2) is 0 Å². The maximum atomic E-state index is 4.87. The van der Waals surface area contributed by atoms with E-state index in [0.29, 0.717) is 0 Å². The fourth-order valence-corrected chi connectivity index (χ4v) is 2.63. The van der Waals surface area contributed by atoms with Gasteiger partial charge in [0.25, 0.3) is 0 Å². The highest BCUT2D eigenvalue weighted by Crippen LogP contribution is 2.26. The van der Waals surface area contributed by atoms with Gasteiger partial charge in [0.2, 0.25) is 0 Å². The van der Waals surface area contributed by atoms with Crippen LogP contribution in [0.3, 0.4) is 0 Å². The Labute approximate surface area is 117 Å². The molecule has 0 bridgehead atoms. The fraction of sp³-hybridized carbons (Fsp3) is 0. The summed E-state index contributed by atoms with van der Waals surface area (Å²) in [4.78, 5) is 4.87. The summed E-state index contributed by atoms with van der Waals surface area (Å²) in [5.41, 5.74) is 3.25. The number of rotatable bonds is 1. The number of aromatic nitrogens is 1. The molecule has 0 spiro atoms. The van der Waals surface area contributed by atoms with Crippen LogP contribution in [0.25, 0.3) is 32.9 Å². The topological polar surface area (TPSA) is 12.9 Å². The summed E-state index contributed by atoms with van der Waals surface area (Å²) in [5.74, 6) is 0. The van der Waals surface area contributed by atoms with Gasteiger partial charge in [-0.25, -0.2) is 4.98 Å². The predicted molar refractivity (Wildman–Crippen MR) is 84.7 cm³/mol. The third-order valence-electron chi connectivity index (χ3n) is 3.65. The van der Waals surface area contributed by atoms with Crippen LogP contribution in [0.15, 0.2) is 78.9 Å². The van der Waals surface area contributed by atoms with Crippen molar-refractivity contribution in [3.05, 3.63) is 78.9 Å². The van der Waals surface area contributed by atoms with E-state index in [9.17, 15) is 0 Å². The van der Waals surface area contributed by atoms with Crippen LogP contribution < -0.4 is 0 Å². The van der Waals surface area contributed by atoms with Gasteiger partial charge in [-0.15, -0.1) is 0 Å². The molecule has 0 fully saturated rings. The average molecular weight is 255 g/mol. The Bertz CT molecular complexity index is 895. The van der Waals surface area contributed by atoms with Gasteiger partial charge in [0, 0.05) is 16.3 Å². The smallest absolute Gasteiger partial charge is 0.0787 e. The van der Waals surface area contributed by atoms with Crippen molar-refractivity contribution in [1.29, 1.82) is 0 Å². The Morgan fingerprint density at radius 2 is 1.25 bits per heavy atom. The van der Waals surface area contributed by atoms with E-state index in [4.69, 9.17) is 4.98 Å². The van der Waals surface area contributed by atoms with Gasteiger partial charge in [-0.05, 0) is 11.5 Å². The normalized spacial score (nSPS) is 11.0. The third kappa shape index (κ3) is 1.76. The molecule has 0 saturated heterocycles. The Kier molecular flexibility index (Phi) is 2.49. The summed E-state index contributed by atoms with van der Waals surface area (Å²) < 4.78 is 0. The Hall–Kier alpha value is -2.67. The lowest BCUT2D eigenvalue weighted by atomic mass is 10.0. The molecular formula is C19H13N. The van der Waals surface area contributed by atoms with E-state index in [1.165, 1.54) is 16.2 Å². The molecule has 0 unspecified atom stereocenters. The van der Waals surface area contributed by atoms with Crippen molar-refractivity contribution in [3.63, 3.8) is 0 Å². The first kappa shape index (κ1) is 11.2. The first-order valence-electron chi connectivity index (χ1n) is 6.76. The lowest BCUT2D eigenvalue weighted by Crippen LogP contribution is -1.86. The summed E-state index contributed by atoms with van der Waals surface area (Å²) in [6, 6.07) is 27.2. The molecule has 0 saturated carbocycles. The minimum atomic E-state index is 1.02. The molecule has 3 aromatic carbocycles. The summed E-state index contributed by atoms with van der Waals surface area (Å²) in [6.07, 6.45) is 0. The monoisotopic (exact) mass is 255 g/mol. The molecule has 1 heterocycles. The van der Waals surface area contributed by atoms with Crippen LogP contribution >= 0.6 is 0 Å². The highest BCUT2D eigenvalue weighted by atomic mass is 14.7. The molecule has 1 heteroatoms. The second-order valence-corrected chi connectivity index (χ2v) is 4.92. The standard InChI is InChI=1S/C19H13N/c1-2-7-15(8-3-1)18-13-12-16-11-10-14-6-4-5-9-17(14)19(16)20-18/h1-13H. The second kappa shape index (κ2) is 4.46. The molecule has 0 aliphatic heterocycles. The molecule has 0 atom stereocenters. The van der Waals surface area contributed by atoms with Crippen LogP contribution in [-0.4, -0.2) is 4.98 Å². The maximum Gasteiger partial charge on any atom is 0.0787 e. The number of benzene rings is 3. The summed E-state index contributed by atoms with van der Waals surface area (Å²) in [5, 5.41) is 3.63. The molecule has 0 amide bonds. The van der Waals surface area contributed by atoms with Crippen molar-refractivity contribution in [2.45, 2.75) is 0 Å². The van der Waals surface area contributed by atoms with Gasteiger partial charge < -0.3 is 0 Å². The number of fused-ring (bicyclic) bond motifs is 3. The number of pyridine rings is 1. The molecule has 0 N–H and O–H groups in total. The van der Waals surface area contributed by atoms with Crippen LogP contribution in [0, 0.1) is 0 Å². The fourth-order valence-electron chi connectivity index (χ4n) is 2.63. The van der Waals surface area contributed by atoms with E-state index in [1.54, 1.807) is 0 Å². The van der Waals surface area contributed by atoms with Crippen LogP contribution in [0.4, 0.5) is 0 Å². The highest BCUT2D eigenvalue weighted by Gasteiger charge is 2.04. The van der Waals surface area contributed by atoms with E-state index in [2.05, 4.69) is 60.7 Å². The summed E-state index contributed by atoms with van der Waals surface area (Å²) >= 11 is 0. The van der Waals surface area contributed by atoms with Crippen LogP contribution in [0.1, 0.15) is 0 Å². The van der Waals surface area contributed by atoms with Gasteiger partial charge in [0.1, 0.15) is 0 Å². The summed E-state index contributed by atoms with van der Waals surface area (Å²) in [7, 11) is 0. The van der Waals surface area contributed by atoms with Crippen molar-refractivity contribution in [3.8, 4) is 11.3 Å². The molecule has 1 aromatic heterocycles. The predicted octanol–water partition coefficient (Wildman–Crippen LogP) is 5.06. The van der Waals surface area contributed by atoms with E-state index in [-0.39, 0.29) is 0 Å². The van der Waals surface area contributed by atoms with Crippen molar-refractivity contribution < 1.29 is 0 Å². The zero-order chi connectivity index (χ0) is 13.4. The SMILES string of the molecule is c1ccc(-c2ccc3ccc4ccccc4c3n2)cc1. The van der Waals surface area contributed by atoms with E-state index < -0.39 is 0 Å². The lowest BCUT2D eigenvalue weighted by Gasteiger charge is -2.06. The zero-order valence-corrected chi connectivity index (χ0v) is 11.0. The minimum absolute atomic E-state index is 1.02. The van der Waals surface area contributed by atoms with Crippen LogP contribution in [0.2, 0.25) is 0 Å². The molecular weight excluding hydrogens is 242 g/mol. The highest BCUT2D eigenvalue weighted by molar-refractivity contribution is 6.05. The number of hydrogen-bond acceptors (Lipinski definition) is 1. The van der Waals surface area contributed by atoms with E-state index in [1.807, 2.05) is 18.2 Å². The molecule has 0 aliphatic rings. The van der Waals surface area contributed by atoms with Crippen molar-refractivity contribution in [2.24, 2.45) is 0 Å². The van der Waals surface area contributed by atoms with Gasteiger partial charge in [-0.3, -0.25) is 0 Å². The van der Waals surface area contributed by atoms with Gasteiger partial charge in [0.05, 0.1) is 11.2 Å². The molecule has 1 nitrogen and oxygen atoms in total. The van der Waals surface area contributed by atoms with E-state index >= 15 is 0 Å². The van der Waals surface area contributed by atoms with Crippen molar-refractivity contribution >= 4 is 21.7 Å². The molecule has 4 aromatic rings. The third-order valence-corrected chi connectivity index (χ3v) is 3.65. The zero-order valence-electron chi connectivity index (χ0n) is 11.0. The quantitative estimate of drug-likeness (QED) is 0.433. The lowest BCUT2D eigenvalue weighted by molar-refractivity contribution is 1.41. The molecule has 0 aliphatic carbocycles. The largest absolute Gasteiger partial charge is 0.247 e. The van der Waals surface area contributed by atoms with Gasteiger partial charge >= 0.3 is 0 Å². The number of nitrogens with zero attached hydrogens (tertiary/aromatic N) is 1. The van der Waals surface area contributed by atoms with Gasteiger partial charge in [-0.2, -0.15) is 0 Å². The van der Waals surface area contributed by atoms with Crippen LogP contribution in [0.5, 0.6) is 0 Å². The maximum absolute atomic E-state index is 4.87. The Morgan fingerprint density at radius 3 is 2.15 bits per heavy atom. The molecule has 4 rings (SSSR count). The number of hydrogen-bond donors (Lipinski definition) is 0. The van der Waals surface area contributed by atoms with Crippen molar-refractivity contribution in [2.75, 3.05) is 0 Å². The first-order chi connectivity index (χ1) is 9.92. The van der Waals surface area contributed by atoms with Gasteiger partial charge in [-0.1, -0.05) is 72.8 Å². The minimum Gasteiger partial charge on any atom is -0.247 e. The molecule has 20 heavy (non-hydrogen) atoms. The van der Waals surface area contributed by atoms with E-state index in [0.717, 1.165) is 16.8 Å². The molecule has 94 valence electrons. The average Bonchev–Trinajstić information content (AvgIpc) is 2.55. The Balaban J connectivity index is 2.05. The summed E-state index contributed by atoms with van der Waals surface area (Å²) in [6.45, 7) is 0. The van der Waals surface area contributed by atoms with Crippen molar-refractivity contribution in [1.82, 2.24) is 4.98 Å². The molecule has 0 radical (unpaired) electrons. The first-order valence-corrected chi connectivity index (χ1v) is 6.76. The second-order valence-electron chi connectivity index (χ2n) is 4.92. The van der Waals surface area contributed by atoms with Crippen LogP contribution in [-0.2, 0) is 0 Å². The Morgan fingerprint density at radius 1 is 0.550 bits per heavy atom.